The molecule has 1 atom stereocenters. The van der Waals surface area contributed by atoms with Gasteiger partial charge >= 0.3 is 0 Å². The van der Waals surface area contributed by atoms with Crippen molar-refractivity contribution in [2.45, 2.75) is 26.0 Å². The fourth-order valence-corrected chi connectivity index (χ4v) is 1.29. The summed E-state index contributed by atoms with van der Waals surface area (Å²) < 4.78 is 25.5. The Morgan fingerprint density at radius 2 is 2.31 bits per heavy atom. The molecule has 6 heteroatoms. The zero-order valence-corrected chi connectivity index (χ0v) is 7.67. The van der Waals surface area contributed by atoms with Gasteiger partial charge in [-0.25, -0.2) is 8.78 Å². The fourth-order valence-electron chi connectivity index (χ4n) is 1.04. The van der Waals surface area contributed by atoms with E-state index in [0.717, 1.165) is 0 Å². The number of hydrogen-bond acceptors (Lipinski definition) is 2. The molecule has 1 N–H and O–H groups in total. The summed E-state index contributed by atoms with van der Waals surface area (Å²) in [6, 6.07) is 0. The van der Waals surface area contributed by atoms with E-state index in [-0.39, 0.29) is 10.7 Å². The summed E-state index contributed by atoms with van der Waals surface area (Å²) in [6.07, 6.45) is -3.47. The second-order valence-corrected chi connectivity index (χ2v) is 2.88. The van der Waals surface area contributed by atoms with Gasteiger partial charge in [0, 0.05) is 6.54 Å². The summed E-state index contributed by atoms with van der Waals surface area (Å²) in [7, 11) is 0. The summed E-state index contributed by atoms with van der Waals surface area (Å²) in [5.41, 5.74) is -0.0285. The molecule has 1 rings (SSSR count). The lowest BCUT2D eigenvalue weighted by Gasteiger charge is -2.11. The van der Waals surface area contributed by atoms with Gasteiger partial charge in [0.05, 0.1) is 16.9 Å². The highest BCUT2D eigenvalue weighted by Crippen LogP contribution is 2.26. The Bertz CT molecular complexity index is 290. The third-order valence-corrected chi connectivity index (χ3v) is 1.94. The minimum Gasteiger partial charge on any atom is -0.381 e. The number of aromatic nitrogens is 2. The zero-order valence-electron chi connectivity index (χ0n) is 6.91. The third-order valence-electron chi connectivity index (χ3n) is 1.65. The molecule has 1 aromatic rings. The topological polar surface area (TPSA) is 38.0 Å². The number of aliphatic hydroxyl groups excluding tert-OH is 1. The van der Waals surface area contributed by atoms with Crippen LogP contribution < -0.4 is 0 Å². The molecule has 3 nitrogen and oxygen atoms in total. The smallest absolute Gasteiger partial charge is 0.269 e. The molecular weight excluding hydrogens is 202 g/mol. The first kappa shape index (κ1) is 10.4. The Morgan fingerprint density at radius 3 is 2.77 bits per heavy atom. The first-order valence-corrected chi connectivity index (χ1v) is 4.13. The first-order chi connectivity index (χ1) is 6.07. The number of aliphatic hydroxyl groups is 1. The van der Waals surface area contributed by atoms with E-state index in [9.17, 15) is 8.78 Å². The largest absolute Gasteiger partial charge is 0.381 e. The van der Waals surface area contributed by atoms with Crippen molar-refractivity contribution < 1.29 is 13.9 Å². The predicted octanol–water partition coefficient (Wildman–Crippen LogP) is 1.85. The summed E-state index contributed by atoms with van der Waals surface area (Å²) >= 11 is 5.59. The molecule has 0 aromatic carbocycles. The summed E-state index contributed by atoms with van der Waals surface area (Å²) in [4.78, 5) is 0. The van der Waals surface area contributed by atoms with Gasteiger partial charge in [0.15, 0.2) is 6.10 Å². The number of hydrogen-bond donors (Lipinski definition) is 1. The SMILES string of the molecule is CCn1ncc(Cl)c1C(O)C(F)F. The van der Waals surface area contributed by atoms with Crippen molar-refractivity contribution in [3.63, 3.8) is 0 Å². The van der Waals surface area contributed by atoms with Gasteiger partial charge in [0.1, 0.15) is 0 Å². The monoisotopic (exact) mass is 210 g/mol. The molecule has 0 radical (unpaired) electrons. The van der Waals surface area contributed by atoms with Gasteiger partial charge in [-0.2, -0.15) is 5.10 Å². The second kappa shape index (κ2) is 4.02. The van der Waals surface area contributed by atoms with E-state index in [1.165, 1.54) is 10.9 Å². The van der Waals surface area contributed by atoms with Crippen molar-refractivity contribution in [3.05, 3.63) is 16.9 Å². The molecule has 1 unspecified atom stereocenters. The minimum atomic E-state index is -2.85. The number of rotatable bonds is 3. The zero-order chi connectivity index (χ0) is 10.0. The van der Waals surface area contributed by atoms with Crippen LogP contribution >= 0.6 is 11.6 Å². The number of halogens is 3. The second-order valence-electron chi connectivity index (χ2n) is 2.47. The molecule has 1 aromatic heterocycles. The van der Waals surface area contributed by atoms with Crippen LogP contribution in [0.15, 0.2) is 6.20 Å². The lowest BCUT2D eigenvalue weighted by atomic mass is 10.2. The number of alkyl halides is 2. The molecule has 0 aliphatic carbocycles. The maximum absolute atomic E-state index is 12.1. The maximum Gasteiger partial charge on any atom is 0.269 e. The van der Waals surface area contributed by atoms with Crippen LogP contribution in [0.3, 0.4) is 0 Å². The van der Waals surface area contributed by atoms with Gasteiger partial charge in [-0.05, 0) is 6.92 Å². The van der Waals surface area contributed by atoms with Crippen molar-refractivity contribution in [1.82, 2.24) is 9.78 Å². The van der Waals surface area contributed by atoms with Crippen LogP contribution in [-0.2, 0) is 6.54 Å². The van der Waals surface area contributed by atoms with E-state index in [1.807, 2.05) is 0 Å². The molecule has 0 aliphatic heterocycles. The van der Waals surface area contributed by atoms with Gasteiger partial charge in [-0.3, -0.25) is 4.68 Å². The first-order valence-electron chi connectivity index (χ1n) is 3.75. The van der Waals surface area contributed by atoms with Crippen LogP contribution in [0.2, 0.25) is 5.02 Å². The van der Waals surface area contributed by atoms with E-state index in [1.54, 1.807) is 6.92 Å². The molecule has 0 spiro atoms. The molecule has 0 bridgehead atoms. The van der Waals surface area contributed by atoms with E-state index in [0.29, 0.717) is 6.54 Å². The molecule has 0 saturated heterocycles. The van der Waals surface area contributed by atoms with Crippen LogP contribution in [-0.4, -0.2) is 21.3 Å². The summed E-state index contributed by atoms with van der Waals surface area (Å²) in [6.45, 7) is 2.12. The third kappa shape index (κ3) is 1.97. The molecule has 13 heavy (non-hydrogen) atoms. The van der Waals surface area contributed by atoms with Gasteiger partial charge in [-0.15, -0.1) is 0 Å². The van der Waals surface area contributed by atoms with Gasteiger partial charge in [0.25, 0.3) is 6.43 Å². The van der Waals surface area contributed by atoms with E-state index >= 15 is 0 Å². The standard InChI is InChI=1S/C7H9ClF2N2O/c1-2-12-5(4(8)3-11-12)6(13)7(9)10/h3,6-7,13H,2H2,1H3. The summed E-state index contributed by atoms with van der Waals surface area (Å²) in [5.74, 6) is 0. The quantitative estimate of drug-likeness (QED) is 0.827. The van der Waals surface area contributed by atoms with E-state index in [4.69, 9.17) is 16.7 Å². The lowest BCUT2D eigenvalue weighted by Crippen LogP contribution is -2.14. The molecule has 0 saturated carbocycles. The molecule has 1 heterocycles. The van der Waals surface area contributed by atoms with Crippen LogP contribution in [0.4, 0.5) is 8.78 Å². The van der Waals surface area contributed by atoms with Crippen LogP contribution in [0.1, 0.15) is 18.7 Å². The number of nitrogens with zero attached hydrogens (tertiary/aromatic N) is 2. The predicted molar refractivity (Wildman–Crippen MR) is 43.9 cm³/mol. The van der Waals surface area contributed by atoms with Crippen molar-refractivity contribution in [1.29, 1.82) is 0 Å². The van der Waals surface area contributed by atoms with Crippen LogP contribution in [0, 0.1) is 0 Å². The lowest BCUT2D eigenvalue weighted by molar-refractivity contribution is -0.0106. The highest BCUT2D eigenvalue weighted by molar-refractivity contribution is 6.31. The Morgan fingerprint density at radius 1 is 1.69 bits per heavy atom. The highest BCUT2D eigenvalue weighted by Gasteiger charge is 2.25. The molecule has 0 fully saturated rings. The van der Waals surface area contributed by atoms with Crippen LogP contribution in [0.5, 0.6) is 0 Å². The Kier molecular flexibility index (Phi) is 3.22. The normalized spacial score (nSPS) is 13.7. The molecular formula is C7H9ClF2N2O. The van der Waals surface area contributed by atoms with Gasteiger partial charge < -0.3 is 5.11 Å². The molecule has 0 aliphatic rings. The van der Waals surface area contributed by atoms with Crippen molar-refractivity contribution in [2.75, 3.05) is 0 Å². The molecule has 0 amide bonds. The average molecular weight is 211 g/mol. The maximum atomic E-state index is 12.1. The van der Waals surface area contributed by atoms with Crippen LogP contribution in [0.25, 0.3) is 0 Å². The highest BCUT2D eigenvalue weighted by atomic mass is 35.5. The van der Waals surface area contributed by atoms with E-state index < -0.39 is 12.5 Å². The van der Waals surface area contributed by atoms with Gasteiger partial charge in [0.2, 0.25) is 0 Å². The van der Waals surface area contributed by atoms with Crippen molar-refractivity contribution in [3.8, 4) is 0 Å². The number of aryl methyl sites for hydroxylation is 1. The molecule has 74 valence electrons. The average Bonchev–Trinajstić information content (AvgIpc) is 2.45. The Hall–Kier alpha value is -0.680. The van der Waals surface area contributed by atoms with E-state index in [2.05, 4.69) is 5.10 Å². The Balaban J connectivity index is 3.03. The summed E-state index contributed by atoms with van der Waals surface area (Å²) in [5, 5.41) is 12.9. The van der Waals surface area contributed by atoms with Gasteiger partial charge in [-0.1, -0.05) is 11.6 Å². The van der Waals surface area contributed by atoms with Crippen molar-refractivity contribution in [2.24, 2.45) is 0 Å². The Labute approximate surface area is 78.9 Å². The fraction of sp³-hybridized carbons (Fsp3) is 0.571. The van der Waals surface area contributed by atoms with Crippen molar-refractivity contribution >= 4 is 11.6 Å². The minimum absolute atomic E-state index is 0.0285.